The molecule has 0 spiro atoms. The van der Waals surface area contributed by atoms with Gasteiger partial charge in [-0.3, -0.25) is 4.79 Å². The molecular formula is C27H35N3O2. The third-order valence-electron chi connectivity index (χ3n) is 7.39. The van der Waals surface area contributed by atoms with E-state index in [2.05, 4.69) is 28.5 Å². The SMILES string of the molecule is CN(C(=O)c1ccc(OCC2CC2)cn1)[C@@H]1Cc2ccc(CNC3CCCCC3)cc2C1. The summed E-state index contributed by atoms with van der Waals surface area (Å²) in [7, 11) is 1.91. The third kappa shape index (κ3) is 5.15. The van der Waals surface area contributed by atoms with Crippen LogP contribution in [-0.4, -0.2) is 41.5 Å². The van der Waals surface area contributed by atoms with Crippen molar-refractivity contribution < 1.29 is 9.53 Å². The Bertz CT molecular complexity index is 932. The monoisotopic (exact) mass is 433 g/mol. The van der Waals surface area contributed by atoms with E-state index in [0.29, 0.717) is 17.7 Å². The molecule has 1 amide bonds. The molecular weight excluding hydrogens is 398 g/mol. The maximum absolute atomic E-state index is 13.0. The zero-order valence-electron chi connectivity index (χ0n) is 19.2. The first-order chi connectivity index (χ1) is 15.7. The molecule has 0 unspecified atom stereocenters. The molecule has 0 aliphatic heterocycles. The van der Waals surface area contributed by atoms with E-state index in [0.717, 1.165) is 31.7 Å². The van der Waals surface area contributed by atoms with Gasteiger partial charge in [0.15, 0.2) is 0 Å². The highest BCUT2D eigenvalue weighted by molar-refractivity contribution is 5.92. The second kappa shape index (κ2) is 9.62. The number of carbonyl (C=O) groups excluding carboxylic acids is 1. The van der Waals surface area contributed by atoms with Crippen LogP contribution in [0.4, 0.5) is 0 Å². The molecule has 3 aliphatic rings. The van der Waals surface area contributed by atoms with Gasteiger partial charge in [-0.1, -0.05) is 37.5 Å². The van der Waals surface area contributed by atoms with Crippen molar-refractivity contribution in [1.82, 2.24) is 15.2 Å². The molecule has 2 aromatic rings. The smallest absolute Gasteiger partial charge is 0.272 e. The molecule has 5 rings (SSSR count). The fraction of sp³-hybridized carbons (Fsp3) is 0.556. The number of benzene rings is 1. The molecule has 1 atom stereocenters. The fourth-order valence-corrected chi connectivity index (χ4v) is 5.04. The molecule has 2 fully saturated rings. The van der Waals surface area contributed by atoms with Crippen molar-refractivity contribution in [2.24, 2.45) is 5.92 Å². The lowest BCUT2D eigenvalue weighted by Crippen LogP contribution is -2.38. The molecule has 5 nitrogen and oxygen atoms in total. The Hall–Kier alpha value is -2.40. The van der Waals surface area contributed by atoms with E-state index < -0.39 is 0 Å². The molecule has 0 saturated heterocycles. The number of amides is 1. The van der Waals surface area contributed by atoms with Gasteiger partial charge in [0.1, 0.15) is 11.4 Å². The van der Waals surface area contributed by atoms with Crippen molar-refractivity contribution in [3.8, 4) is 5.75 Å². The van der Waals surface area contributed by atoms with Gasteiger partial charge in [0.2, 0.25) is 0 Å². The minimum atomic E-state index is -0.0178. The number of carbonyl (C=O) groups is 1. The van der Waals surface area contributed by atoms with E-state index in [1.54, 1.807) is 12.3 Å². The number of hydrogen-bond donors (Lipinski definition) is 1. The van der Waals surface area contributed by atoms with Crippen LogP contribution in [0.1, 0.15) is 72.1 Å². The Morgan fingerprint density at radius 2 is 1.88 bits per heavy atom. The zero-order chi connectivity index (χ0) is 21.9. The average molecular weight is 434 g/mol. The number of nitrogens with zero attached hydrogens (tertiary/aromatic N) is 2. The Morgan fingerprint density at radius 3 is 2.62 bits per heavy atom. The van der Waals surface area contributed by atoms with Crippen LogP contribution in [0.5, 0.6) is 5.75 Å². The Balaban J connectivity index is 1.16. The number of pyridine rings is 1. The highest BCUT2D eigenvalue weighted by Crippen LogP contribution is 2.30. The quantitative estimate of drug-likeness (QED) is 0.664. The first kappa shape index (κ1) is 21.4. The van der Waals surface area contributed by atoms with E-state index in [4.69, 9.17) is 4.74 Å². The first-order valence-corrected chi connectivity index (χ1v) is 12.4. The maximum atomic E-state index is 13.0. The normalized spacial score (nSPS) is 20.7. The van der Waals surface area contributed by atoms with Crippen molar-refractivity contribution in [2.45, 2.75) is 76.4 Å². The fourth-order valence-electron chi connectivity index (χ4n) is 5.04. The topological polar surface area (TPSA) is 54.5 Å². The van der Waals surface area contributed by atoms with Crippen molar-refractivity contribution in [1.29, 1.82) is 0 Å². The number of ether oxygens (including phenoxy) is 1. The average Bonchev–Trinajstić information content (AvgIpc) is 3.58. The highest BCUT2D eigenvalue weighted by Gasteiger charge is 2.29. The minimum Gasteiger partial charge on any atom is -0.492 e. The molecule has 1 N–H and O–H groups in total. The number of fused-ring (bicyclic) bond motifs is 1. The number of likely N-dealkylation sites (N-methyl/N-ethyl adjacent to an activating group) is 1. The van der Waals surface area contributed by atoms with E-state index in [1.807, 2.05) is 18.0 Å². The lowest BCUT2D eigenvalue weighted by atomic mass is 9.95. The van der Waals surface area contributed by atoms with Crippen LogP contribution < -0.4 is 10.1 Å². The van der Waals surface area contributed by atoms with Crippen LogP contribution in [-0.2, 0) is 19.4 Å². The van der Waals surface area contributed by atoms with Crippen LogP contribution in [0.25, 0.3) is 0 Å². The largest absolute Gasteiger partial charge is 0.492 e. The Labute approximate surface area is 191 Å². The van der Waals surface area contributed by atoms with E-state index in [-0.39, 0.29) is 11.9 Å². The van der Waals surface area contributed by atoms with Crippen LogP contribution >= 0.6 is 0 Å². The van der Waals surface area contributed by atoms with Gasteiger partial charge in [-0.05, 0) is 73.3 Å². The van der Waals surface area contributed by atoms with Gasteiger partial charge in [0.05, 0.1) is 12.8 Å². The molecule has 5 heteroatoms. The third-order valence-corrected chi connectivity index (χ3v) is 7.39. The Morgan fingerprint density at radius 1 is 1.06 bits per heavy atom. The molecule has 1 heterocycles. The second-order valence-corrected chi connectivity index (χ2v) is 9.93. The van der Waals surface area contributed by atoms with Gasteiger partial charge < -0.3 is 15.0 Å². The molecule has 0 bridgehead atoms. The van der Waals surface area contributed by atoms with E-state index >= 15 is 0 Å². The summed E-state index contributed by atoms with van der Waals surface area (Å²) in [6.45, 7) is 1.70. The summed E-state index contributed by atoms with van der Waals surface area (Å²) in [6.07, 6.45) is 12.7. The lowest BCUT2D eigenvalue weighted by Gasteiger charge is -2.24. The van der Waals surface area contributed by atoms with Crippen LogP contribution in [0, 0.1) is 5.92 Å². The summed E-state index contributed by atoms with van der Waals surface area (Å²) >= 11 is 0. The molecule has 1 aromatic carbocycles. The van der Waals surface area contributed by atoms with Gasteiger partial charge >= 0.3 is 0 Å². The van der Waals surface area contributed by atoms with Crippen LogP contribution in [0.3, 0.4) is 0 Å². The molecule has 3 aliphatic carbocycles. The van der Waals surface area contributed by atoms with Crippen molar-refractivity contribution in [3.63, 3.8) is 0 Å². The Kier molecular flexibility index (Phi) is 6.44. The van der Waals surface area contributed by atoms with Crippen LogP contribution in [0.15, 0.2) is 36.5 Å². The predicted molar refractivity (Wildman–Crippen MR) is 126 cm³/mol. The first-order valence-electron chi connectivity index (χ1n) is 12.4. The number of nitrogens with one attached hydrogen (secondary N) is 1. The zero-order valence-corrected chi connectivity index (χ0v) is 19.2. The highest BCUT2D eigenvalue weighted by atomic mass is 16.5. The second-order valence-electron chi connectivity index (χ2n) is 9.93. The van der Waals surface area contributed by atoms with Gasteiger partial charge in [-0.15, -0.1) is 0 Å². The van der Waals surface area contributed by atoms with E-state index in [9.17, 15) is 4.79 Å². The number of hydrogen-bond acceptors (Lipinski definition) is 4. The van der Waals surface area contributed by atoms with Gasteiger partial charge in [0, 0.05) is 25.7 Å². The molecule has 170 valence electrons. The molecule has 1 aromatic heterocycles. The summed E-state index contributed by atoms with van der Waals surface area (Å²) < 4.78 is 5.74. The summed E-state index contributed by atoms with van der Waals surface area (Å²) in [4.78, 5) is 19.3. The number of rotatable bonds is 8. The predicted octanol–water partition coefficient (Wildman–Crippen LogP) is 4.53. The molecule has 0 radical (unpaired) electrons. The van der Waals surface area contributed by atoms with E-state index in [1.165, 1.54) is 61.6 Å². The lowest BCUT2D eigenvalue weighted by molar-refractivity contribution is 0.0731. The molecule has 32 heavy (non-hydrogen) atoms. The summed E-state index contributed by atoms with van der Waals surface area (Å²) in [6, 6.07) is 11.4. The van der Waals surface area contributed by atoms with Crippen LogP contribution in [0.2, 0.25) is 0 Å². The minimum absolute atomic E-state index is 0.0178. The van der Waals surface area contributed by atoms with Gasteiger partial charge in [-0.25, -0.2) is 4.98 Å². The van der Waals surface area contributed by atoms with Crippen molar-refractivity contribution in [3.05, 3.63) is 58.9 Å². The van der Waals surface area contributed by atoms with Crippen molar-refractivity contribution in [2.75, 3.05) is 13.7 Å². The summed E-state index contributed by atoms with van der Waals surface area (Å²) in [5.74, 6) is 1.43. The number of aromatic nitrogens is 1. The van der Waals surface area contributed by atoms with Gasteiger partial charge in [0.25, 0.3) is 5.91 Å². The maximum Gasteiger partial charge on any atom is 0.272 e. The van der Waals surface area contributed by atoms with Gasteiger partial charge in [-0.2, -0.15) is 0 Å². The standard InChI is InChI=1S/C27H35N3O2/c1-30(27(31)26-12-11-25(17-29-26)32-18-19-7-8-19)24-14-21-10-9-20(13-22(21)15-24)16-28-23-5-3-2-4-6-23/h9-13,17,19,23-24,28H,2-8,14-16,18H2,1H3/t24-/m1/s1. The van der Waals surface area contributed by atoms with Crippen molar-refractivity contribution >= 4 is 5.91 Å². The summed E-state index contributed by atoms with van der Waals surface area (Å²) in [5.41, 5.74) is 4.59. The molecule has 2 saturated carbocycles. The summed E-state index contributed by atoms with van der Waals surface area (Å²) in [5, 5.41) is 3.74.